The van der Waals surface area contributed by atoms with Crippen LogP contribution in [0, 0.1) is 0 Å². The second kappa shape index (κ2) is 6.92. The first-order valence-corrected chi connectivity index (χ1v) is 6.21. The minimum atomic E-state index is -0.123. The number of hydrogen-bond donors (Lipinski definition) is 1. The van der Waals surface area contributed by atoms with Crippen molar-refractivity contribution >= 4 is 0 Å². The molecule has 1 aromatic carbocycles. The van der Waals surface area contributed by atoms with Crippen LogP contribution >= 0.6 is 0 Å². The lowest BCUT2D eigenvalue weighted by Crippen LogP contribution is -2.06. The van der Waals surface area contributed by atoms with Crippen LogP contribution in [0.3, 0.4) is 0 Å². The Hall–Kier alpha value is -1.85. The second-order valence-electron chi connectivity index (χ2n) is 3.91. The first-order chi connectivity index (χ1) is 9.33. The van der Waals surface area contributed by atoms with Crippen molar-refractivity contribution in [2.45, 2.75) is 13.5 Å². The van der Waals surface area contributed by atoms with E-state index in [1.165, 1.54) is 0 Å². The van der Waals surface area contributed by atoms with Gasteiger partial charge in [-0.05, 0) is 31.2 Å². The zero-order chi connectivity index (χ0) is 13.5. The van der Waals surface area contributed by atoms with Crippen LogP contribution in [-0.4, -0.2) is 30.1 Å². The van der Waals surface area contributed by atoms with Gasteiger partial charge in [0, 0.05) is 18.2 Å². The lowest BCUT2D eigenvalue weighted by atomic mass is 10.1. The Labute approximate surface area is 111 Å². The molecule has 1 aromatic heterocycles. The fourth-order valence-corrected chi connectivity index (χ4v) is 1.60. The number of rotatable bonds is 7. The van der Waals surface area contributed by atoms with E-state index < -0.39 is 0 Å². The van der Waals surface area contributed by atoms with Crippen LogP contribution in [0.5, 0.6) is 5.75 Å². The van der Waals surface area contributed by atoms with Gasteiger partial charge in [-0.1, -0.05) is 5.16 Å². The van der Waals surface area contributed by atoms with Crippen molar-refractivity contribution in [1.29, 1.82) is 0 Å². The maximum absolute atomic E-state index is 8.93. The molecule has 0 spiro atoms. The molecule has 19 heavy (non-hydrogen) atoms. The molecule has 0 amide bonds. The molecule has 0 saturated heterocycles. The van der Waals surface area contributed by atoms with E-state index in [9.17, 15) is 0 Å². The van der Waals surface area contributed by atoms with E-state index in [1.54, 1.807) is 6.07 Å². The highest BCUT2D eigenvalue weighted by atomic mass is 16.5. The predicted octanol–water partition coefficient (Wildman–Crippen LogP) is 2.25. The van der Waals surface area contributed by atoms with Gasteiger partial charge in [0.1, 0.15) is 18.1 Å². The molecule has 1 N–H and O–H groups in total. The third kappa shape index (κ3) is 3.81. The van der Waals surface area contributed by atoms with E-state index in [0.29, 0.717) is 31.3 Å². The van der Waals surface area contributed by atoms with Gasteiger partial charge in [-0.2, -0.15) is 0 Å². The van der Waals surface area contributed by atoms with Crippen LogP contribution in [0.15, 0.2) is 34.9 Å². The Kier molecular flexibility index (Phi) is 4.94. The Morgan fingerprint density at radius 3 is 2.63 bits per heavy atom. The molecule has 0 bridgehead atoms. The number of hydrogen-bond acceptors (Lipinski definition) is 5. The Balaban J connectivity index is 1.94. The van der Waals surface area contributed by atoms with Gasteiger partial charge in [0.05, 0.1) is 13.2 Å². The van der Waals surface area contributed by atoms with Crippen LogP contribution in [-0.2, 0) is 11.3 Å². The SMILES string of the molecule is CCOCCOc1ccc(-c2cc(CO)no2)cc1. The summed E-state index contributed by atoms with van der Waals surface area (Å²) in [5.41, 5.74) is 1.41. The van der Waals surface area contributed by atoms with Crippen LogP contribution in [0.4, 0.5) is 0 Å². The molecule has 0 atom stereocenters. The van der Waals surface area contributed by atoms with Gasteiger partial charge < -0.3 is 19.1 Å². The topological polar surface area (TPSA) is 64.7 Å². The minimum Gasteiger partial charge on any atom is -0.491 e. The van der Waals surface area contributed by atoms with Gasteiger partial charge in [0.15, 0.2) is 5.76 Å². The Morgan fingerprint density at radius 2 is 2.00 bits per heavy atom. The van der Waals surface area contributed by atoms with Crippen LogP contribution < -0.4 is 4.74 Å². The van der Waals surface area contributed by atoms with Crippen LogP contribution in [0.1, 0.15) is 12.6 Å². The standard InChI is InChI=1S/C14H17NO4/c1-2-17-7-8-18-13-5-3-11(4-6-13)14-9-12(10-16)15-19-14/h3-6,9,16H,2,7-8,10H2,1H3. The Morgan fingerprint density at radius 1 is 1.21 bits per heavy atom. The smallest absolute Gasteiger partial charge is 0.167 e. The lowest BCUT2D eigenvalue weighted by molar-refractivity contribution is 0.110. The van der Waals surface area contributed by atoms with Gasteiger partial charge in [-0.15, -0.1) is 0 Å². The van der Waals surface area contributed by atoms with E-state index in [-0.39, 0.29) is 6.61 Å². The maximum atomic E-state index is 8.93. The number of aliphatic hydroxyl groups excluding tert-OH is 1. The second-order valence-corrected chi connectivity index (χ2v) is 3.91. The van der Waals surface area contributed by atoms with E-state index in [4.69, 9.17) is 19.1 Å². The highest BCUT2D eigenvalue weighted by molar-refractivity contribution is 5.58. The van der Waals surface area contributed by atoms with Gasteiger partial charge in [0.2, 0.25) is 0 Å². The number of aromatic nitrogens is 1. The third-order valence-electron chi connectivity index (χ3n) is 2.56. The average molecular weight is 263 g/mol. The van der Waals surface area contributed by atoms with Gasteiger partial charge in [-0.3, -0.25) is 0 Å². The molecule has 5 nitrogen and oxygen atoms in total. The van der Waals surface area contributed by atoms with Crippen LogP contribution in [0.25, 0.3) is 11.3 Å². The number of benzene rings is 1. The Bertz CT molecular complexity index is 492. The lowest BCUT2D eigenvalue weighted by Gasteiger charge is -2.06. The van der Waals surface area contributed by atoms with Crippen molar-refractivity contribution in [2.75, 3.05) is 19.8 Å². The number of ether oxygens (including phenoxy) is 2. The minimum absolute atomic E-state index is 0.123. The summed E-state index contributed by atoms with van der Waals surface area (Å²) in [4.78, 5) is 0. The summed E-state index contributed by atoms with van der Waals surface area (Å²) in [5, 5.41) is 12.7. The average Bonchev–Trinajstić information content (AvgIpc) is 2.93. The van der Waals surface area contributed by atoms with Crippen molar-refractivity contribution in [2.24, 2.45) is 0 Å². The van der Waals surface area contributed by atoms with E-state index >= 15 is 0 Å². The largest absolute Gasteiger partial charge is 0.491 e. The third-order valence-corrected chi connectivity index (χ3v) is 2.56. The molecule has 102 valence electrons. The normalized spacial score (nSPS) is 10.6. The fraction of sp³-hybridized carbons (Fsp3) is 0.357. The van der Waals surface area contributed by atoms with Crippen molar-refractivity contribution < 1.29 is 19.1 Å². The fourth-order valence-electron chi connectivity index (χ4n) is 1.60. The zero-order valence-electron chi connectivity index (χ0n) is 10.8. The maximum Gasteiger partial charge on any atom is 0.167 e. The summed E-state index contributed by atoms with van der Waals surface area (Å²) in [6, 6.07) is 9.21. The van der Waals surface area contributed by atoms with Crippen molar-refractivity contribution in [3.63, 3.8) is 0 Å². The van der Waals surface area contributed by atoms with E-state index in [2.05, 4.69) is 5.16 Å². The molecular formula is C14H17NO4. The summed E-state index contributed by atoms with van der Waals surface area (Å²) in [6.07, 6.45) is 0. The van der Waals surface area contributed by atoms with Crippen molar-refractivity contribution in [3.8, 4) is 17.1 Å². The van der Waals surface area contributed by atoms with Crippen molar-refractivity contribution in [3.05, 3.63) is 36.0 Å². The van der Waals surface area contributed by atoms with E-state index in [1.807, 2.05) is 31.2 Å². The van der Waals surface area contributed by atoms with E-state index in [0.717, 1.165) is 11.3 Å². The summed E-state index contributed by atoms with van der Waals surface area (Å²) in [7, 11) is 0. The molecule has 2 aromatic rings. The van der Waals surface area contributed by atoms with Gasteiger partial charge in [0.25, 0.3) is 0 Å². The molecule has 1 heterocycles. The molecule has 0 aliphatic carbocycles. The van der Waals surface area contributed by atoms with Crippen LogP contribution in [0.2, 0.25) is 0 Å². The molecule has 0 fully saturated rings. The van der Waals surface area contributed by atoms with Gasteiger partial charge in [-0.25, -0.2) is 0 Å². The monoisotopic (exact) mass is 263 g/mol. The molecule has 5 heteroatoms. The summed E-state index contributed by atoms with van der Waals surface area (Å²) in [6.45, 7) is 3.64. The molecule has 0 unspecified atom stereocenters. The highest BCUT2D eigenvalue weighted by Crippen LogP contribution is 2.23. The number of nitrogens with zero attached hydrogens (tertiary/aromatic N) is 1. The summed E-state index contributed by atoms with van der Waals surface area (Å²) >= 11 is 0. The first kappa shape index (κ1) is 13.6. The zero-order valence-corrected chi connectivity index (χ0v) is 10.8. The van der Waals surface area contributed by atoms with Crippen molar-refractivity contribution in [1.82, 2.24) is 5.16 Å². The quantitative estimate of drug-likeness (QED) is 0.776. The predicted molar refractivity (Wildman–Crippen MR) is 69.8 cm³/mol. The van der Waals surface area contributed by atoms with Gasteiger partial charge >= 0.3 is 0 Å². The molecule has 0 radical (unpaired) electrons. The molecule has 0 aliphatic heterocycles. The summed E-state index contributed by atoms with van der Waals surface area (Å²) < 4.78 is 15.8. The summed E-state index contributed by atoms with van der Waals surface area (Å²) in [5.74, 6) is 1.41. The molecule has 2 rings (SSSR count). The molecule has 0 saturated carbocycles. The number of aliphatic hydroxyl groups is 1. The highest BCUT2D eigenvalue weighted by Gasteiger charge is 2.06. The first-order valence-electron chi connectivity index (χ1n) is 6.21. The molecule has 0 aliphatic rings. The molecular weight excluding hydrogens is 246 g/mol.